The molecule has 0 radical (unpaired) electrons. The Morgan fingerprint density at radius 3 is 2.47 bits per heavy atom. The predicted molar refractivity (Wildman–Crippen MR) is 68.2 cm³/mol. The van der Waals surface area contributed by atoms with Crippen molar-refractivity contribution in [3.8, 4) is 5.75 Å². The molecule has 0 fully saturated rings. The van der Waals surface area contributed by atoms with Gasteiger partial charge in [-0.2, -0.15) is 0 Å². The second-order valence-electron chi connectivity index (χ2n) is 3.99. The lowest BCUT2D eigenvalue weighted by Crippen LogP contribution is -2.29. The lowest BCUT2D eigenvalue weighted by molar-refractivity contribution is 0.354. The summed E-state index contributed by atoms with van der Waals surface area (Å²) in [5.41, 5.74) is 1.65. The van der Waals surface area contributed by atoms with Crippen molar-refractivity contribution in [2.75, 3.05) is 6.61 Å². The molecule has 4 heteroatoms. The van der Waals surface area contributed by atoms with E-state index in [1.54, 1.807) is 24.3 Å². The number of rotatable bonds is 4. The highest BCUT2D eigenvalue weighted by atomic mass is 16.5. The fourth-order valence-electron chi connectivity index (χ4n) is 1.68. The minimum Gasteiger partial charge on any atom is -0.489 e. The molecule has 0 heterocycles. The number of hydrogen-bond donors (Lipinski definition) is 2. The maximum absolute atomic E-state index is 8.94. The van der Waals surface area contributed by atoms with Crippen molar-refractivity contribution in [3.05, 3.63) is 48.1 Å². The summed E-state index contributed by atoms with van der Waals surface area (Å²) < 4.78 is 5.60. The molecule has 0 saturated heterocycles. The van der Waals surface area contributed by atoms with Gasteiger partial charge in [0.2, 0.25) is 0 Å². The van der Waals surface area contributed by atoms with E-state index in [9.17, 15) is 0 Å². The highest BCUT2D eigenvalue weighted by molar-refractivity contribution is 6.58. The zero-order valence-corrected chi connectivity index (χ0v) is 9.54. The summed E-state index contributed by atoms with van der Waals surface area (Å²) in [6.07, 6.45) is 8.57. The van der Waals surface area contributed by atoms with Gasteiger partial charge >= 0.3 is 7.12 Å². The molecule has 2 N–H and O–H groups in total. The first-order valence-corrected chi connectivity index (χ1v) is 5.70. The fourth-order valence-corrected chi connectivity index (χ4v) is 1.68. The van der Waals surface area contributed by atoms with Crippen LogP contribution in [0.15, 0.2) is 48.1 Å². The summed E-state index contributed by atoms with van der Waals surface area (Å²) in [5, 5.41) is 17.9. The van der Waals surface area contributed by atoms with Gasteiger partial charge in [-0.05, 0) is 36.0 Å². The summed E-state index contributed by atoms with van der Waals surface area (Å²) in [5.74, 6) is 0.731. The second-order valence-corrected chi connectivity index (χ2v) is 3.99. The largest absolute Gasteiger partial charge is 0.489 e. The van der Waals surface area contributed by atoms with Crippen LogP contribution in [0.4, 0.5) is 0 Å². The molecule has 3 nitrogen and oxygen atoms in total. The van der Waals surface area contributed by atoms with E-state index < -0.39 is 7.12 Å². The quantitative estimate of drug-likeness (QED) is 0.759. The Morgan fingerprint density at radius 2 is 1.88 bits per heavy atom. The molecule has 1 aliphatic carbocycles. The van der Waals surface area contributed by atoms with Crippen LogP contribution in [0.25, 0.3) is 0 Å². The minimum absolute atomic E-state index is 0.467. The number of allylic oxidation sites excluding steroid dienone is 2. The summed E-state index contributed by atoms with van der Waals surface area (Å²) in [6.45, 7) is 0.553. The predicted octanol–water partition coefficient (Wildman–Crippen LogP) is 1.02. The maximum Gasteiger partial charge on any atom is 0.488 e. The van der Waals surface area contributed by atoms with E-state index in [0.29, 0.717) is 12.1 Å². The van der Waals surface area contributed by atoms with E-state index in [1.165, 1.54) is 5.57 Å². The average molecular weight is 230 g/mol. The standard InChI is InChI=1S/C13H15BO3/c15-14(16)12-6-8-13(9-7-12)17-10-11-4-2-1-3-5-11/h2,4-9,15-16H,1,3,10H2. The topological polar surface area (TPSA) is 49.7 Å². The fraction of sp³-hybridized carbons (Fsp3) is 0.231. The molecule has 1 aromatic carbocycles. The summed E-state index contributed by atoms with van der Waals surface area (Å²) in [6, 6.07) is 6.76. The molecule has 0 unspecified atom stereocenters. The van der Waals surface area contributed by atoms with Crippen LogP contribution in [-0.4, -0.2) is 23.8 Å². The molecule has 0 bridgehead atoms. The van der Waals surface area contributed by atoms with Gasteiger partial charge in [0, 0.05) is 0 Å². The third-order valence-electron chi connectivity index (χ3n) is 2.66. The minimum atomic E-state index is -1.42. The SMILES string of the molecule is OB(O)c1ccc(OCC2=CCCC=C2)cc1. The Morgan fingerprint density at radius 1 is 1.12 bits per heavy atom. The van der Waals surface area contributed by atoms with Gasteiger partial charge in [0.25, 0.3) is 0 Å². The van der Waals surface area contributed by atoms with E-state index >= 15 is 0 Å². The molecular weight excluding hydrogens is 215 g/mol. The Kier molecular flexibility index (Phi) is 4.01. The Bertz CT molecular complexity index is 421. The Labute approximate surface area is 101 Å². The highest BCUT2D eigenvalue weighted by Crippen LogP contribution is 2.13. The van der Waals surface area contributed by atoms with E-state index in [-0.39, 0.29) is 0 Å². The molecule has 0 atom stereocenters. The molecule has 0 spiro atoms. The van der Waals surface area contributed by atoms with E-state index in [4.69, 9.17) is 14.8 Å². The van der Waals surface area contributed by atoms with Crippen LogP contribution in [0.3, 0.4) is 0 Å². The molecule has 2 rings (SSSR count). The van der Waals surface area contributed by atoms with Crippen LogP contribution >= 0.6 is 0 Å². The van der Waals surface area contributed by atoms with Crippen molar-refractivity contribution in [2.45, 2.75) is 12.8 Å². The molecule has 1 aromatic rings. The molecular formula is C13H15BO3. The van der Waals surface area contributed by atoms with Crippen LogP contribution < -0.4 is 10.2 Å². The van der Waals surface area contributed by atoms with Gasteiger partial charge in [0.1, 0.15) is 12.4 Å². The normalized spacial score (nSPS) is 14.4. The van der Waals surface area contributed by atoms with Gasteiger partial charge in [0.15, 0.2) is 0 Å². The first-order chi connectivity index (χ1) is 8.25. The molecule has 0 aliphatic heterocycles. The zero-order valence-electron chi connectivity index (χ0n) is 9.54. The number of benzene rings is 1. The van der Waals surface area contributed by atoms with Gasteiger partial charge in [-0.15, -0.1) is 0 Å². The van der Waals surface area contributed by atoms with Gasteiger partial charge in [-0.1, -0.05) is 30.4 Å². The average Bonchev–Trinajstić information content (AvgIpc) is 2.38. The summed E-state index contributed by atoms with van der Waals surface area (Å²) in [4.78, 5) is 0. The number of hydrogen-bond acceptors (Lipinski definition) is 3. The Balaban J connectivity index is 1.91. The monoisotopic (exact) mass is 230 g/mol. The van der Waals surface area contributed by atoms with Crippen molar-refractivity contribution >= 4 is 12.6 Å². The van der Waals surface area contributed by atoms with Gasteiger partial charge in [-0.3, -0.25) is 0 Å². The number of ether oxygens (including phenoxy) is 1. The van der Waals surface area contributed by atoms with Crippen LogP contribution in [0.5, 0.6) is 5.75 Å². The van der Waals surface area contributed by atoms with Gasteiger partial charge in [-0.25, -0.2) is 0 Å². The van der Waals surface area contributed by atoms with Gasteiger partial charge < -0.3 is 14.8 Å². The van der Waals surface area contributed by atoms with Crippen molar-refractivity contribution in [3.63, 3.8) is 0 Å². The van der Waals surface area contributed by atoms with Gasteiger partial charge in [0.05, 0.1) is 0 Å². The van der Waals surface area contributed by atoms with Crippen molar-refractivity contribution in [1.82, 2.24) is 0 Å². The van der Waals surface area contributed by atoms with Crippen LogP contribution in [0.2, 0.25) is 0 Å². The van der Waals surface area contributed by atoms with Crippen LogP contribution in [0, 0.1) is 0 Å². The Hall–Kier alpha value is -1.52. The van der Waals surface area contributed by atoms with Crippen molar-refractivity contribution < 1.29 is 14.8 Å². The molecule has 0 amide bonds. The molecule has 0 aromatic heterocycles. The molecule has 0 saturated carbocycles. The maximum atomic E-state index is 8.94. The van der Waals surface area contributed by atoms with Crippen LogP contribution in [-0.2, 0) is 0 Å². The third-order valence-corrected chi connectivity index (χ3v) is 2.66. The van der Waals surface area contributed by atoms with E-state index in [0.717, 1.165) is 18.6 Å². The zero-order chi connectivity index (χ0) is 12.1. The van der Waals surface area contributed by atoms with Crippen molar-refractivity contribution in [2.24, 2.45) is 0 Å². The summed E-state index contributed by atoms with van der Waals surface area (Å²) >= 11 is 0. The van der Waals surface area contributed by atoms with E-state index in [2.05, 4.69) is 18.2 Å². The van der Waals surface area contributed by atoms with Crippen LogP contribution in [0.1, 0.15) is 12.8 Å². The third kappa shape index (κ3) is 3.48. The first-order valence-electron chi connectivity index (χ1n) is 5.70. The highest BCUT2D eigenvalue weighted by Gasteiger charge is 2.09. The second kappa shape index (κ2) is 5.71. The van der Waals surface area contributed by atoms with Crippen molar-refractivity contribution in [1.29, 1.82) is 0 Å². The first kappa shape index (κ1) is 12.0. The lowest BCUT2D eigenvalue weighted by atomic mass is 9.80. The molecule has 1 aliphatic rings. The van der Waals surface area contributed by atoms with E-state index in [1.807, 2.05) is 0 Å². The lowest BCUT2D eigenvalue weighted by Gasteiger charge is -2.09. The molecule has 88 valence electrons. The molecule has 17 heavy (non-hydrogen) atoms. The smallest absolute Gasteiger partial charge is 0.488 e. The summed E-state index contributed by atoms with van der Waals surface area (Å²) in [7, 11) is -1.42.